The summed E-state index contributed by atoms with van der Waals surface area (Å²) in [6, 6.07) is 17.6. The maximum atomic E-state index is 13.8. The van der Waals surface area contributed by atoms with Gasteiger partial charge in [0, 0.05) is 25.8 Å². The SMILES string of the molecule is COc1ccccc1C1CCN(C(=O)c2cnc3c(C(=O)NS(C)(=O)=O)cnn3c2NCc2ccccc2)CC1. The van der Waals surface area contributed by atoms with Crippen molar-refractivity contribution in [2.75, 3.05) is 31.8 Å². The molecule has 2 N–H and O–H groups in total. The van der Waals surface area contributed by atoms with Crippen molar-refractivity contribution in [1.82, 2.24) is 24.2 Å². The minimum Gasteiger partial charge on any atom is -0.496 e. The molecule has 1 aliphatic heterocycles. The summed E-state index contributed by atoms with van der Waals surface area (Å²) in [6.45, 7) is 1.50. The Bertz CT molecular complexity index is 1650. The highest BCUT2D eigenvalue weighted by molar-refractivity contribution is 7.89. The summed E-state index contributed by atoms with van der Waals surface area (Å²) in [5, 5.41) is 7.58. The van der Waals surface area contributed by atoms with Gasteiger partial charge < -0.3 is 15.0 Å². The molecule has 0 aliphatic carbocycles. The first-order valence-corrected chi connectivity index (χ1v) is 14.7. The molecule has 0 bridgehead atoms. The van der Waals surface area contributed by atoms with Crippen LogP contribution in [0.4, 0.5) is 5.82 Å². The van der Waals surface area contributed by atoms with Crippen LogP contribution in [-0.2, 0) is 16.6 Å². The van der Waals surface area contributed by atoms with Crippen LogP contribution in [0.15, 0.2) is 67.0 Å². The number of anilines is 1. The van der Waals surface area contributed by atoms with Crippen molar-refractivity contribution in [2.45, 2.75) is 25.3 Å². The summed E-state index contributed by atoms with van der Waals surface area (Å²) in [5.41, 5.74) is 2.53. The number of rotatable bonds is 8. The first-order valence-electron chi connectivity index (χ1n) is 12.8. The van der Waals surface area contributed by atoms with Gasteiger partial charge in [0.2, 0.25) is 10.0 Å². The van der Waals surface area contributed by atoms with Crippen LogP contribution in [0.1, 0.15) is 50.6 Å². The number of carbonyl (C=O) groups excluding carboxylic acids is 2. The molecular weight excluding hydrogens is 532 g/mol. The number of fused-ring (bicyclic) bond motifs is 1. The number of methoxy groups -OCH3 is 1. The molecule has 40 heavy (non-hydrogen) atoms. The van der Waals surface area contributed by atoms with E-state index in [1.165, 1.54) is 16.9 Å². The molecule has 1 fully saturated rings. The topological polar surface area (TPSA) is 135 Å². The molecule has 11 nitrogen and oxygen atoms in total. The zero-order valence-corrected chi connectivity index (χ0v) is 23.0. The summed E-state index contributed by atoms with van der Waals surface area (Å²) in [7, 11) is -2.13. The summed E-state index contributed by atoms with van der Waals surface area (Å²) in [6.07, 6.45) is 5.11. The van der Waals surface area contributed by atoms with Crippen LogP contribution < -0.4 is 14.8 Å². The van der Waals surface area contributed by atoms with Crippen LogP contribution in [0.5, 0.6) is 5.75 Å². The highest BCUT2D eigenvalue weighted by Crippen LogP contribution is 2.34. The number of para-hydroxylation sites is 1. The number of nitrogens with one attached hydrogen (secondary N) is 2. The van der Waals surface area contributed by atoms with Crippen molar-refractivity contribution in [3.8, 4) is 5.75 Å². The van der Waals surface area contributed by atoms with E-state index >= 15 is 0 Å². The van der Waals surface area contributed by atoms with Gasteiger partial charge in [0.15, 0.2) is 5.65 Å². The third kappa shape index (κ3) is 5.76. The average molecular weight is 563 g/mol. The largest absolute Gasteiger partial charge is 0.496 e. The van der Waals surface area contributed by atoms with Gasteiger partial charge in [-0.1, -0.05) is 48.5 Å². The fourth-order valence-electron chi connectivity index (χ4n) is 4.99. The van der Waals surface area contributed by atoms with Crippen LogP contribution in [0.3, 0.4) is 0 Å². The summed E-state index contributed by atoms with van der Waals surface area (Å²) >= 11 is 0. The van der Waals surface area contributed by atoms with Crippen molar-refractivity contribution in [3.05, 3.63) is 89.2 Å². The Morgan fingerprint density at radius 2 is 1.70 bits per heavy atom. The highest BCUT2D eigenvalue weighted by Gasteiger charge is 2.29. The van der Waals surface area contributed by atoms with E-state index in [2.05, 4.69) is 21.5 Å². The Labute approximate surface area is 232 Å². The van der Waals surface area contributed by atoms with E-state index in [1.54, 1.807) is 12.0 Å². The second kappa shape index (κ2) is 11.3. The van der Waals surface area contributed by atoms with E-state index in [4.69, 9.17) is 4.74 Å². The number of piperidine rings is 1. The molecule has 2 amide bonds. The lowest BCUT2D eigenvalue weighted by atomic mass is 9.88. The standard InChI is InChI=1S/C28H30N6O5S/c1-39-24-11-7-6-10-21(24)20-12-14-33(15-13-20)28(36)23-17-30-25-22(27(35)32-40(2,37)38)18-31-34(25)26(23)29-16-19-8-4-3-5-9-19/h3-11,17-18,20,29H,12-16H2,1-2H3,(H,32,35). The maximum absolute atomic E-state index is 13.8. The monoisotopic (exact) mass is 562 g/mol. The minimum absolute atomic E-state index is 0.0233. The third-order valence-electron chi connectivity index (χ3n) is 6.94. The molecule has 0 spiro atoms. The molecule has 1 aliphatic rings. The number of sulfonamides is 1. The van der Waals surface area contributed by atoms with E-state index in [-0.39, 0.29) is 23.0 Å². The molecule has 2 aromatic heterocycles. The van der Waals surface area contributed by atoms with Crippen molar-refractivity contribution in [2.24, 2.45) is 0 Å². The number of hydrogen-bond donors (Lipinski definition) is 2. The second-order valence-electron chi connectivity index (χ2n) is 9.67. The summed E-state index contributed by atoms with van der Waals surface area (Å²) in [5.74, 6) is 0.434. The van der Waals surface area contributed by atoms with Crippen LogP contribution in [0.25, 0.3) is 5.65 Å². The smallest absolute Gasteiger partial charge is 0.270 e. The number of nitrogens with zero attached hydrogens (tertiary/aromatic N) is 4. The predicted octanol–water partition coefficient (Wildman–Crippen LogP) is 3.06. The zero-order chi connectivity index (χ0) is 28.3. The zero-order valence-electron chi connectivity index (χ0n) is 22.2. The van der Waals surface area contributed by atoms with E-state index in [0.717, 1.165) is 36.0 Å². The maximum Gasteiger partial charge on any atom is 0.270 e. The Hall–Kier alpha value is -4.45. The lowest BCUT2D eigenvalue weighted by molar-refractivity contribution is 0.0712. The molecule has 1 saturated heterocycles. The lowest BCUT2D eigenvalue weighted by Crippen LogP contribution is -2.38. The Morgan fingerprint density at radius 1 is 1.00 bits per heavy atom. The minimum atomic E-state index is -3.79. The molecule has 5 rings (SSSR count). The van der Waals surface area contributed by atoms with Crippen LogP contribution >= 0.6 is 0 Å². The predicted molar refractivity (Wildman–Crippen MR) is 150 cm³/mol. The molecule has 0 saturated carbocycles. The van der Waals surface area contributed by atoms with Crippen molar-refractivity contribution >= 4 is 33.3 Å². The number of ether oxygens (including phenoxy) is 1. The van der Waals surface area contributed by atoms with Gasteiger partial charge >= 0.3 is 0 Å². The van der Waals surface area contributed by atoms with Gasteiger partial charge in [-0.25, -0.2) is 18.1 Å². The van der Waals surface area contributed by atoms with E-state index in [9.17, 15) is 18.0 Å². The van der Waals surface area contributed by atoms with Gasteiger partial charge in [-0.15, -0.1) is 0 Å². The summed E-state index contributed by atoms with van der Waals surface area (Å²) < 4.78 is 32.1. The highest BCUT2D eigenvalue weighted by atomic mass is 32.2. The van der Waals surface area contributed by atoms with Gasteiger partial charge in [0.25, 0.3) is 11.8 Å². The number of amides is 2. The Morgan fingerprint density at radius 3 is 2.40 bits per heavy atom. The molecule has 4 aromatic rings. The normalized spacial score (nSPS) is 14.2. The van der Waals surface area contributed by atoms with Crippen LogP contribution in [0, 0.1) is 0 Å². The van der Waals surface area contributed by atoms with E-state index in [0.29, 0.717) is 31.0 Å². The van der Waals surface area contributed by atoms with Crippen LogP contribution in [-0.4, -0.2) is 66.2 Å². The van der Waals surface area contributed by atoms with Gasteiger partial charge in [-0.05, 0) is 36.0 Å². The Kier molecular flexibility index (Phi) is 7.69. The van der Waals surface area contributed by atoms with Gasteiger partial charge in [-0.3, -0.25) is 9.59 Å². The van der Waals surface area contributed by atoms with Gasteiger partial charge in [-0.2, -0.15) is 9.61 Å². The lowest BCUT2D eigenvalue weighted by Gasteiger charge is -2.33. The molecule has 3 heterocycles. The molecule has 12 heteroatoms. The van der Waals surface area contributed by atoms with Crippen molar-refractivity contribution in [1.29, 1.82) is 0 Å². The quantitative estimate of drug-likeness (QED) is 0.335. The van der Waals surface area contributed by atoms with Gasteiger partial charge in [0.05, 0.1) is 19.6 Å². The fraction of sp³-hybridized carbons (Fsp3) is 0.286. The third-order valence-corrected chi connectivity index (χ3v) is 7.50. The average Bonchev–Trinajstić information content (AvgIpc) is 3.40. The fourth-order valence-corrected chi connectivity index (χ4v) is 5.44. The number of likely N-dealkylation sites (tertiary alicyclic amines) is 1. The van der Waals surface area contributed by atoms with Gasteiger partial charge in [0.1, 0.15) is 22.7 Å². The van der Waals surface area contributed by atoms with E-state index in [1.807, 2.05) is 53.3 Å². The molecule has 0 unspecified atom stereocenters. The first kappa shape index (κ1) is 27.1. The molecule has 2 aromatic carbocycles. The second-order valence-corrected chi connectivity index (χ2v) is 11.4. The molecule has 208 valence electrons. The number of aromatic nitrogens is 3. The summed E-state index contributed by atoms with van der Waals surface area (Å²) in [4.78, 5) is 32.5. The van der Waals surface area contributed by atoms with Crippen molar-refractivity contribution < 1.29 is 22.7 Å². The molecular formula is C28H30N6O5S. The Balaban J connectivity index is 1.43. The van der Waals surface area contributed by atoms with Crippen molar-refractivity contribution in [3.63, 3.8) is 0 Å². The van der Waals surface area contributed by atoms with E-state index < -0.39 is 15.9 Å². The molecule has 0 atom stereocenters. The number of hydrogen-bond acceptors (Lipinski definition) is 8. The number of benzene rings is 2. The molecule has 0 radical (unpaired) electrons. The number of carbonyl (C=O) groups is 2. The first-order chi connectivity index (χ1) is 19.2. The van der Waals surface area contributed by atoms with Crippen LogP contribution in [0.2, 0.25) is 0 Å².